The van der Waals surface area contributed by atoms with E-state index < -0.39 is 0 Å². The van der Waals surface area contributed by atoms with Gasteiger partial charge in [-0.1, -0.05) is 30.4 Å². The number of methoxy groups -OCH3 is 1. The van der Waals surface area contributed by atoms with Crippen molar-refractivity contribution in [2.45, 2.75) is 0 Å². The lowest BCUT2D eigenvalue weighted by molar-refractivity contribution is 0.343. The number of rotatable bonds is 3. The van der Waals surface area contributed by atoms with Crippen LogP contribution in [0.2, 0.25) is 0 Å². The molecule has 2 nitrogen and oxygen atoms in total. The molecule has 0 atom stereocenters. The number of aliphatic hydroxyl groups is 1. The lowest BCUT2D eigenvalue weighted by Crippen LogP contribution is -1.85. The van der Waals surface area contributed by atoms with E-state index in [0.29, 0.717) is 0 Å². The Kier molecular flexibility index (Phi) is 3.35. The van der Waals surface area contributed by atoms with Crippen LogP contribution < -0.4 is 4.74 Å². The van der Waals surface area contributed by atoms with Crippen LogP contribution in [-0.2, 0) is 0 Å². The molecule has 12 heavy (non-hydrogen) atoms. The van der Waals surface area contributed by atoms with Crippen molar-refractivity contribution in [3.8, 4) is 5.75 Å². The summed E-state index contributed by atoms with van der Waals surface area (Å²) in [6, 6.07) is 7.66. The molecule has 2 heteroatoms. The third kappa shape index (κ3) is 2.10. The van der Waals surface area contributed by atoms with Crippen LogP contribution in [0.15, 0.2) is 30.3 Å². The molecule has 0 heterocycles. The summed E-state index contributed by atoms with van der Waals surface area (Å²) in [5, 5.41) is 8.56. The summed E-state index contributed by atoms with van der Waals surface area (Å²) >= 11 is 0. The minimum Gasteiger partial charge on any atom is -0.496 e. The number of hydrogen-bond donors (Lipinski definition) is 1. The molecule has 64 valence electrons. The molecule has 0 aliphatic rings. The quantitative estimate of drug-likeness (QED) is 0.736. The van der Waals surface area contributed by atoms with Crippen LogP contribution >= 0.6 is 0 Å². The Hall–Kier alpha value is -1.28. The van der Waals surface area contributed by atoms with E-state index in [2.05, 4.69) is 0 Å². The number of benzene rings is 1. The first-order valence-electron chi connectivity index (χ1n) is 3.79. The van der Waals surface area contributed by atoms with Gasteiger partial charge in [0.05, 0.1) is 13.7 Å². The number of para-hydroxylation sites is 1. The van der Waals surface area contributed by atoms with Gasteiger partial charge in [-0.2, -0.15) is 0 Å². The molecule has 0 fully saturated rings. The smallest absolute Gasteiger partial charge is 0.126 e. The highest BCUT2D eigenvalue weighted by molar-refractivity contribution is 5.56. The third-order valence-corrected chi connectivity index (χ3v) is 1.54. The van der Waals surface area contributed by atoms with Crippen molar-refractivity contribution in [3.63, 3.8) is 0 Å². The first kappa shape index (κ1) is 8.81. The average molecular weight is 164 g/mol. The number of aliphatic hydroxyl groups excluding tert-OH is 1. The number of hydrogen-bond acceptors (Lipinski definition) is 2. The maximum Gasteiger partial charge on any atom is 0.126 e. The fraction of sp³-hybridized carbons (Fsp3) is 0.200. The topological polar surface area (TPSA) is 29.5 Å². The Morgan fingerprint density at radius 3 is 2.83 bits per heavy atom. The van der Waals surface area contributed by atoms with Gasteiger partial charge < -0.3 is 9.84 Å². The Labute approximate surface area is 72.1 Å². The fourth-order valence-electron chi connectivity index (χ4n) is 0.984. The van der Waals surface area contributed by atoms with Gasteiger partial charge in [0.2, 0.25) is 0 Å². The van der Waals surface area contributed by atoms with Crippen LogP contribution in [0.5, 0.6) is 5.75 Å². The van der Waals surface area contributed by atoms with E-state index in [1.807, 2.05) is 30.3 Å². The van der Waals surface area contributed by atoms with Gasteiger partial charge in [-0.15, -0.1) is 0 Å². The van der Waals surface area contributed by atoms with Crippen LogP contribution in [0.3, 0.4) is 0 Å². The van der Waals surface area contributed by atoms with E-state index in [-0.39, 0.29) is 6.61 Å². The second kappa shape index (κ2) is 4.57. The summed E-state index contributed by atoms with van der Waals surface area (Å²) in [6.45, 7) is 0.0536. The predicted octanol–water partition coefficient (Wildman–Crippen LogP) is 1.70. The Morgan fingerprint density at radius 2 is 2.17 bits per heavy atom. The minimum absolute atomic E-state index is 0.0536. The van der Waals surface area contributed by atoms with E-state index in [9.17, 15) is 0 Å². The normalized spacial score (nSPS) is 10.5. The van der Waals surface area contributed by atoms with Gasteiger partial charge in [-0.3, -0.25) is 0 Å². The fourth-order valence-corrected chi connectivity index (χ4v) is 0.984. The first-order valence-corrected chi connectivity index (χ1v) is 3.79. The highest BCUT2D eigenvalue weighted by Gasteiger charge is 1.94. The summed E-state index contributed by atoms with van der Waals surface area (Å²) in [7, 11) is 1.63. The Balaban J connectivity index is 2.89. The summed E-state index contributed by atoms with van der Waals surface area (Å²) in [5.41, 5.74) is 0.981. The standard InChI is InChI=1S/C10H12O2/c1-12-10-7-3-2-5-9(10)6-4-8-11/h2-7,11H,8H2,1H3/b6-4+. The van der Waals surface area contributed by atoms with Gasteiger partial charge in [0.15, 0.2) is 0 Å². The molecule has 1 N–H and O–H groups in total. The summed E-state index contributed by atoms with van der Waals surface area (Å²) in [6.07, 6.45) is 3.51. The highest BCUT2D eigenvalue weighted by Crippen LogP contribution is 2.18. The van der Waals surface area contributed by atoms with Crippen LogP contribution in [0.25, 0.3) is 6.08 Å². The molecule has 0 radical (unpaired) electrons. The third-order valence-electron chi connectivity index (χ3n) is 1.54. The molecule has 0 bridgehead atoms. The van der Waals surface area contributed by atoms with E-state index in [0.717, 1.165) is 11.3 Å². The molecule has 0 saturated heterocycles. The minimum atomic E-state index is 0.0536. The average Bonchev–Trinajstić information content (AvgIpc) is 2.15. The van der Waals surface area contributed by atoms with E-state index in [4.69, 9.17) is 9.84 Å². The van der Waals surface area contributed by atoms with Gasteiger partial charge in [-0.05, 0) is 6.07 Å². The van der Waals surface area contributed by atoms with Crippen molar-refractivity contribution in [2.75, 3.05) is 13.7 Å². The van der Waals surface area contributed by atoms with Crippen LogP contribution in [0.1, 0.15) is 5.56 Å². The summed E-state index contributed by atoms with van der Waals surface area (Å²) in [4.78, 5) is 0. The molecule has 0 aliphatic carbocycles. The molecule has 0 spiro atoms. The summed E-state index contributed by atoms with van der Waals surface area (Å²) < 4.78 is 5.11. The van der Waals surface area contributed by atoms with Gasteiger partial charge in [0.25, 0.3) is 0 Å². The molecular formula is C10H12O2. The van der Waals surface area contributed by atoms with Gasteiger partial charge in [0, 0.05) is 5.56 Å². The molecule has 1 aromatic rings. The highest BCUT2D eigenvalue weighted by atomic mass is 16.5. The van der Waals surface area contributed by atoms with E-state index >= 15 is 0 Å². The second-order valence-corrected chi connectivity index (χ2v) is 2.33. The lowest BCUT2D eigenvalue weighted by Gasteiger charge is -2.02. The van der Waals surface area contributed by atoms with Crippen molar-refractivity contribution in [2.24, 2.45) is 0 Å². The molecule has 0 aromatic heterocycles. The van der Waals surface area contributed by atoms with Crippen molar-refractivity contribution in [3.05, 3.63) is 35.9 Å². The van der Waals surface area contributed by atoms with Gasteiger partial charge >= 0.3 is 0 Å². The second-order valence-electron chi connectivity index (χ2n) is 2.33. The van der Waals surface area contributed by atoms with Crippen molar-refractivity contribution >= 4 is 6.08 Å². The molecule has 0 unspecified atom stereocenters. The molecule has 0 saturated carbocycles. The SMILES string of the molecule is COc1ccccc1/C=C/CO. The van der Waals surface area contributed by atoms with E-state index in [1.165, 1.54) is 0 Å². The van der Waals surface area contributed by atoms with Crippen molar-refractivity contribution < 1.29 is 9.84 Å². The molecule has 0 amide bonds. The van der Waals surface area contributed by atoms with Crippen molar-refractivity contribution in [1.29, 1.82) is 0 Å². The molecule has 1 aromatic carbocycles. The molecule has 1 rings (SSSR count). The maximum atomic E-state index is 8.56. The van der Waals surface area contributed by atoms with Crippen molar-refractivity contribution in [1.82, 2.24) is 0 Å². The lowest BCUT2D eigenvalue weighted by atomic mass is 10.2. The van der Waals surface area contributed by atoms with Crippen LogP contribution in [-0.4, -0.2) is 18.8 Å². The zero-order valence-electron chi connectivity index (χ0n) is 7.03. The van der Waals surface area contributed by atoms with Crippen LogP contribution in [0.4, 0.5) is 0 Å². The number of ether oxygens (including phenoxy) is 1. The molecule has 0 aliphatic heterocycles. The van der Waals surface area contributed by atoms with Gasteiger partial charge in [0.1, 0.15) is 5.75 Å². The van der Waals surface area contributed by atoms with E-state index in [1.54, 1.807) is 13.2 Å². The van der Waals surface area contributed by atoms with Gasteiger partial charge in [-0.25, -0.2) is 0 Å². The maximum absolute atomic E-state index is 8.56. The van der Waals surface area contributed by atoms with Crippen LogP contribution in [0, 0.1) is 0 Å². The first-order chi connectivity index (χ1) is 5.88. The molecular weight excluding hydrogens is 152 g/mol. The zero-order chi connectivity index (χ0) is 8.81. The Bertz CT molecular complexity index is 266. The zero-order valence-corrected chi connectivity index (χ0v) is 7.03. The predicted molar refractivity (Wildman–Crippen MR) is 49.1 cm³/mol. The largest absolute Gasteiger partial charge is 0.496 e. The Morgan fingerprint density at radius 1 is 1.42 bits per heavy atom. The monoisotopic (exact) mass is 164 g/mol. The summed E-state index contributed by atoms with van der Waals surface area (Å²) in [5.74, 6) is 0.821.